The first-order valence-electron chi connectivity index (χ1n) is 7.46. The molecule has 0 saturated carbocycles. The van der Waals surface area contributed by atoms with E-state index in [-0.39, 0.29) is 24.3 Å². The van der Waals surface area contributed by atoms with Crippen molar-refractivity contribution in [2.45, 2.75) is 38.5 Å². The maximum Gasteiger partial charge on any atom is 0.261 e. The van der Waals surface area contributed by atoms with Crippen LogP contribution >= 0.6 is 0 Å². The minimum absolute atomic E-state index is 0.199. The zero-order valence-electron chi connectivity index (χ0n) is 13.0. The Bertz CT molecular complexity index is 890. The van der Waals surface area contributed by atoms with Gasteiger partial charge in [-0.25, -0.2) is 4.98 Å². The monoisotopic (exact) mass is 309 g/mol. The summed E-state index contributed by atoms with van der Waals surface area (Å²) >= 11 is 0. The van der Waals surface area contributed by atoms with Crippen molar-refractivity contribution in [3.8, 4) is 0 Å². The molecule has 1 aliphatic heterocycles. The third-order valence-corrected chi connectivity index (χ3v) is 4.20. The van der Waals surface area contributed by atoms with Crippen LogP contribution in [0.1, 0.15) is 30.7 Å². The average molecular weight is 309 g/mol. The summed E-state index contributed by atoms with van der Waals surface area (Å²) in [6.07, 6.45) is 0.828. The zero-order chi connectivity index (χ0) is 16.8. The first kappa shape index (κ1) is 15.5. The molecular weight excluding hydrogens is 293 g/mol. The maximum atomic E-state index is 12.9. The molecule has 3 rings (SSSR count). The van der Waals surface area contributed by atoms with Crippen molar-refractivity contribution < 1.29 is 9.59 Å². The van der Waals surface area contributed by atoms with Gasteiger partial charge < -0.3 is 0 Å². The van der Waals surface area contributed by atoms with E-state index >= 15 is 0 Å². The molecule has 23 heavy (non-hydrogen) atoms. The number of rotatable bonds is 1. The minimum atomic E-state index is -1.61. The Kier molecular flexibility index (Phi) is 3.58. The molecule has 0 bridgehead atoms. The summed E-state index contributed by atoms with van der Waals surface area (Å²) in [5.41, 5.74) is -0.511. The number of benzene rings is 1. The molecule has 1 atom stereocenters. The average Bonchev–Trinajstić information content (AvgIpc) is 2.59. The van der Waals surface area contributed by atoms with Gasteiger partial charge in [0.15, 0.2) is 0 Å². The summed E-state index contributed by atoms with van der Waals surface area (Å²) in [5, 5.41) is 2.66. The van der Waals surface area contributed by atoms with E-state index in [0.29, 0.717) is 23.1 Å². The lowest BCUT2D eigenvalue weighted by Crippen LogP contribution is -2.54. The number of nitrogens with one attached hydrogen (secondary N) is 1. The fourth-order valence-electron chi connectivity index (χ4n) is 3.02. The predicted molar refractivity (Wildman–Crippen MR) is 86.2 cm³/mol. The molecule has 1 aromatic heterocycles. The maximum absolute atomic E-state index is 12.9. The van der Waals surface area contributed by atoms with Gasteiger partial charge in [0.05, 0.1) is 16.3 Å². The van der Waals surface area contributed by atoms with Crippen molar-refractivity contribution in [1.82, 2.24) is 14.9 Å². The quantitative estimate of drug-likeness (QED) is 0.620. The number of carbonyl (C=O) groups excluding carboxylic acids is 2. The van der Waals surface area contributed by atoms with Gasteiger partial charge in [-0.15, -0.1) is 0 Å². The van der Waals surface area contributed by atoms with Crippen molar-refractivity contribution in [3.63, 3.8) is 0 Å². The van der Waals surface area contributed by atoms with Gasteiger partial charge in [0.1, 0.15) is 13.7 Å². The lowest BCUT2D eigenvalue weighted by molar-refractivity contribution is -0.132. The highest BCUT2D eigenvalue weighted by Gasteiger charge is 2.39. The fourth-order valence-corrected chi connectivity index (χ4v) is 3.02. The second-order valence-corrected chi connectivity index (χ2v) is 5.98. The Balaban J connectivity index is 2.28. The molecule has 2 amide bonds. The number of carbonyl (C=O) groups is 2. The van der Waals surface area contributed by atoms with E-state index in [1.807, 2.05) is 13.0 Å². The van der Waals surface area contributed by atoms with Gasteiger partial charge >= 0.3 is 0 Å². The number of nitrogens with zero attached hydrogens (tertiary/aromatic N) is 2. The number of hydrogen-bond donors (Lipinski definition) is 1. The second-order valence-electron chi connectivity index (χ2n) is 5.98. The Hall–Kier alpha value is -2.44. The van der Waals surface area contributed by atoms with Crippen LogP contribution in [0.4, 0.5) is 0 Å². The predicted octanol–water partition coefficient (Wildman–Crippen LogP) is 0.661. The molecule has 2 aromatic rings. The van der Waals surface area contributed by atoms with Crippen molar-refractivity contribution in [1.29, 1.82) is 0 Å². The topological polar surface area (TPSA) is 81.1 Å². The molecule has 0 spiro atoms. The second kappa shape index (κ2) is 5.33. The van der Waals surface area contributed by atoms with E-state index in [4.69, 9.17) is 7.85 Å². The van der Waals surface area contributed by atoms with E-state index in [1.54, 1.807) is 19.1 Å². The van der Waals surface area contributed by atoms with E-state index in [9.17, 15) is 14.4 Å². The first-order chi connectivity index (χ1) is 10.8. The molecular formula is C16H16BN3O3. The summed E-state index contributed by atoms with van der Waals surface area (Å²) in [6.45, 7) is 3.51. The summed E-state index contributed by atoms with van der Waals surface area (Å²) in [6, 6.07) is 5.36. The summed E-state index contributed by atoms with van der Waals surface area (Å²) in [7, 11) is 6.28. The summed E-state index contributed by atoms with van der Waals surface area (Å²) in [4.78, 5) is 41.3. The van der Waals surface area contributed by atoms with Gasteiger partial charge in [-0.05, 0) is 38.8 Å². The van der Waals surface area contributed by atoms with Crippen LogP contribution in [-0.4, -0.2) is 29.2 Å². The van der Waals surface area contributed by atoms with Crippen LogP contribution in [0.3, 0.4) is 0 Å². The fraction of sp³-hybridized carbons (Fsp3) is 0.375. The normalized spacial score (nSPS) is 22.0. The van der Waals surface area contributed by atoms with Crippen LogP contribution in [0.5, 0.6) is 0 Å². The molecule has 1 aliphatic rings. The van der Waals surface area contributed by atoms with Crippen molar-refractivity contribution in [3.05, 3.63) is 39.9 Å². The third kappa shape index (κ3) is 2.46. The van der Waals surface area contributed by atoms with Crippen molar-refractivity contribution in [2.75, 3.05) is 0 Å². The van der Waals surface area contributed by atoms with Crippen LogP contribution in [0.15, 0.2) is 23.0 Å². The van der Waals surface area contributed by atoms with Gasteiger partial charge in [0, 0.05) is 6.42 Å². The number of hydrogen-bond acceptors (Lipinski definition) is 4. The molecule has 1 unspecified atom stereocenters. The molecule has 2 heterocycles. The largest absolute Gasteiger partial charge is 0.295 e. The lowest BCUT2D eigenvalue weighted by Gasteiger charge is -2.30. The van der Waals surface area contributed by atoms with Crippen LogP contribution in [0, 0.1) is 13.8 Å². The van der Waals surface area contributed by atoms with E-state index in [2.05, 4.69) is 10.3 Å². The summed E-state index contributed by atoms with van der Waals surface area (Å²) in [5.74, 6) is -0.699. The third-order valence-electron chi connectivity index (χ3n) is 4.20. The van der Waals surface area contributed by atoms with E-state index < -0.39 is 11.3 Å². The highest BCUT2D eigenvalue weighted by Crippen LogP contribution is 2.24. The molecule has 1 saturated heterocycles. The molecule has 6 nitrogen and oxygen atoms in total. The Morgan fingerprint density at radius 1 is 1.26 bits per heavy atom. The molecule has 1 N–H and O–H groups in total. The van der Waals surface area contributed by atoms with Crippen LogP contribution in [0.25, 0.3) is 10.9 Å². The molecule has 1 aromatic carbocycles. The van der Waals surface area contributed by atoms with Gasteiger partial charge in [-0.3, -0.25) is 24.3 Å². The van der Waals surface area contributed by atoms with Crippen molar-refractivity contribution in [2.24, 2.45) is 0 Å². The highest BCUT2D eigenvalue weighted by molar-refractivity contribution is 6.28. The van der Waals surface area contributed by atoms with Crippen LogP contribution in [0.2, 0.25) is 0 Å². The van der Waals surface area contributed by atoms with E-state index in [0.717, 1.165) is 5.56 Å². The zero-order valence-corrected chi connectivity index (χ0v) is 13.0. The first-order valence-corrected chi connectivity index (χ1v) is 7.46. The van der Waals surface area contributed by atoms with Crippen LogP contribution < -0.4 is 10.9 Å². The SMILES string of the molecule is [B]C1(n2c(C)nc3ccc(C)cc3c2=O)CCCC(=O)NC1=O. The number of fused-ring (bicyclic) bond motifs is 1. The Morgan fingerprint density at radius 3 is 2.74 bits per heavy atom. The standard InChI is InChI=1S/C16H16BN3O3/c1-9-5-6-12-11(8-9)14(22)20(10(2)18-12)16(17)7-3-4-13(21)19-15(16)23/h5-6,8H,3-4,7H2,1-2H3,(H,19,21,23). The van der Waals surface area contributed by atoms with Crippen LogP contribution in [-0.2, 0) is 15.0 Å². The van der Waals surface area contributed by atoms with Gasteiger partial charge in [-0.2, -0.15) is 0 Å². The van der Waals surface area contributed by atoms with Gasteiger partial charge in [-0.1, -0.05) is 11.6 Å². The minimum Gasteiger partial charge on any atom is -0.295 e. The lowest BCUT2D eigenvalue weighted by atomic mass is 9.73. The van der Waals surface area contributed by atoms with Gasteiger partial charge in [0.25, 0.3) is 5.56 Å². The highest BCUT2D eigenvalue weighted by atomic mass is 16.2. The Labute approximate surface area is 134 Å². The number of aryl methyl sites for hydroxylation is 2. The smallest absolute Gasteiger partial charge is 0.261 e. The molecule has 7 heteroatoms. The van der Waals surface area contributed by atoms with E-state index in [1.165, 1.54) is 4.57 Å². The molecule has 1 fully saturated rings. The number of amides is 2. The van der Waals surface area contributed by atoms with Gasteiger partial charge in [0.2, 0.25) is 11.8 Å². The number of imide groups is 1. The van der Waals surface area contributed by atoms with Crippen molar-refractivity contribution >= 4 is 30.6 Å². The molecule has 0 aliphatic carbocycles. The molecule has 116 valence electrons. The number of aromatic nitrogens is 2. The Morgan fingerprint density at radius 2 is 2.00 bits per heavy atom. The summed E-state index contributed by atoms with van der Waals surface area (Å²) < 4.78 is 1.21. The molecule has 2 radical (unpaired) electrons.